The fourth-order valence-corrected chi connectivity index (χ4v) is 0.285. The molecule has 0 rings (SSSR count). The normalized spacial score (nSPS) is 7.38. The van der Waals surface area contributed by atoms with Crippen molar-refractivity contribution in [1.82, 2.24) is 0 Å². The van der Waals surface area contributed by atoms with E-state index < -0.39 is 0 Å². The van der Waals surface area contributed by atoms with Gasteiger partial charge in [-0.05, 0) is 0 Å². The molecule has 0 saturated carbocycles. The molecule has 0 aliphatic heterocycles. The minimum absolute atomic E-state index is 0. The van der Waals surface area contributed by atoms with Crippen molar-refractivity contribution < 1.29 is 0 Å². The van der Waals surface area contributed by atoms with Crippen molar-refractivity contribution in [2.75, 3.05) is 0 Å². The van der Waals surface area contributed by atoms with Crippen LogP contribution in [0, 0.1) is 0 Å². The average Bonchev–Trinajstić information content (AvgIpc) is 2.19. The molecule has 0 heterocycles. The SMILES string of the molecule is C.C=C/C=C\C=C/C=C.CC.CC. The van der Waals surface area contributed by atoms with Gasteiger partial charge in [-0.25, -0.2) is 0 Å². The lowest BCUT2D eigenvalue weighted by atomic mass is 10.4. The van der Waals surface area contributed by atoms with Crippen molar-refractivity contribution in [3.8, 4) is 0 Å². The molecule has 0 nitrogen and oxygen atoms in total. The number of allylic oxidation sites excluding steroid dienone is 6. The Bertz CT molecular complexity index is 100. The smallest absolute Gasteiger partial charge is 0.0623 e. The summed E-state index contributed by atoms with van der Waals surface area (Å²) in [4.78, 5) is 0. The van der Waals surface area contributed by atoms with Crippen molar-refractivity contribution in [1.29, 1.82) is 0 Å². The van der Waals surface area contributed by atoms with Gasteiger partial charge in [-0.2, -0.15) is 0 Å². The summed E-state index contributed by atoms with van der Waals surface area (Å²) in [6.07, 6.45) is 11.0. The highest BCUT2D eigenvalue weighted by atomic mass is 13.6. The maximum absolute atomic E-state index is 3.51. The van der Waals surface area contributed by atoms with Crippen LogP contribution in [-0.2, 0) is 0 Å². The lowest BCUT2D eigenvalue weighted by Crippen LogP contribution is -1.45. The van der Waals surface area contributed by atoms with Crippen LogP contribution in [0.25, 0.3) is 0 Å². The lowest BCUT2D eigenvalue weighted by Gasteiger charge is -1.67. The Labute approximate surface area is 85.4 Å². The highest BCUT2D eigenvalue weighted by molar-refractivity contribution is 5.12. The molecule has 0 unspecified atom stereocenters. The maximum atomic E-state index is 3.51. The summed E-state index contributed by atoms with van der Waals surface area (Å²) in [7, 11) is 0. The van der Waals surface area contributed by atoms with Crippen LogP contribution in [0.5, 0.6) is 0 Å². The average molecular weight is 182 g/mol. The molecule has 0 aromatic carbocycles. The third-order valence-corrected chi connectivity index (χ3v) is 0.605. The second kappa shape index (κ2) is 44.2. The number of hydrogen-bond acceptors (Lipinski definition) is 0. The zero-order valence-corrected chi connectivity index (χ0v) is 8.88. The molecule has 0 bridgehead atoms. The van der Waals surface area contributed by atoms with Gasteiger partial charge in [-0.15, -0.1) is 0 Å². The largest absolute Gasteiger partial charge is 0.0991 e. The topological polar surface area (TPSA) is 0 Å². The van der Waals surface area contributed by atoms with Crippen LogP contribution in [0.15, 0.2) is 49.6 Å². The predicted molar refractivity (Wildman–Crippen MR) is 68.1 cm³/mol. The fraction of sp³-hybridized carbons (Fsp3) is 0.385. The van der Waals surface area contributed by atoms with Gasteiger partial charge >= 0.3 is 0 Å². The third kappa shape index (κ3) is 56.1. The van der Waals surface area contributed by atoms with Gasteiger partial charge in [-0.3, -0.25) is 0 Å². The van der Waals surface area contributed by atoms with Crippen molar-refractivity contribution >= 4 is 0 Å². The van der Waals surface area contributed by atoms with E-state index in [-0.39, 0.29) is 7.43 Å². The van der Waals surface area contributed by atoms with Crippen molar-refractivity contribution in [3.63, 3.8) is 0 Å². The number of hydrogen-bond donors (Lipinski definition) is 0. The summed E-state index contributed by atoms with van der Waals surface area (Å²) in [5.41, 5.74) is 0. The molecule has 0 aromatic rings. The minimum atomic E-state index is 0. The molecule has 0 amide bonds. The van der Waals surface area contributed by atoms with E-state index in [0.717, 1.165) is 0 Å². The minimum Gasteiger partial charge on any atom is -0.0991 e. The summed E-state index contributed by atoms with van der Waals surface area (Å²) in [5.74, 6) is 0. The summed E-state index contributed by atoms with van der Waals surface area (Å²) in [5, 5.41) is 0. The van der Waals surface area contributed by atoms with E-state index in [2.05, 4.69) is 13.2 Å². The molecule has 13 heavy (non-hydrogen) atoms. The summed E-state index contributed by atoms with van der Waals surface area (Å²) >= 11 is 0. The lowest BCUT2D eigenvalue weighted by molar-refractivity contribution is 1.50. The molecule has 0 aromatic heterocycles. The highest BCUT2D eigenvalue weighted by Crippen LogP contribution is 1.76. The van der Waals surface area contributed by atoms with Crippen LogP contribution in [0.3, 0.4) is 0 Å². The Morgan fingerprint density at radius 3 is 1.00 bits per heavy atom. The van der Waals surface area contributed by atoms with Gasteiger partial charge in [0.25, 0.3) is 0 Å². The standard InChI is InChI=1S/C8H10.2C2H6.CH4/c1-3-5-7-8-6-4-2;2*1-2;/h3-8H,1-2H2;2*1-2H3;1H4/b7-5-,8-6-;;;. The highest BCUT2D eigenvalue weighted by Gasteiger charge is 1.54. The van der Waals surface area contributed by atoms with Gasteiger partial charge in [0.15, 0.2) is 0 Å². The van der Waals surface area contributed by atoms with Crippen molar-refractivity contribution in [2.24, 2.45) is 0 Å². The molecular formula is C13H26. The molecule has 0 aliphatic rings. The first-order chi connectivity index (χ1) is 5.91. The van der Waals surface area contributed by atoms with E-state index in [1.165, 1.54) is 0 Å². The fourth-order valence-electron chi connectivity index (χ4n) is 0.285. The van der Waals surface area contributed by atoms with Crippen LogP contribution in [-0.4, -0.2) is 0 Å². The molecule has 0 radical (unpaired) electrons. The first-order valence-electron chi connectivity index (χ1n) is 4.48. The van der Waals surface area contributed by atoms with E-state index in [1.807, 2.05) is 52.0 Å². The van der Waals surface area contributed by atoms with Crippen LogP contribution < -0.4 is 0 Å². The Balaban J connectivity index is -0.0000000712. The summed E-state index contributed by atoms with van der Waals surface area (Å²) in [6.45, 7) is 15.0. The van der Waals surface area contributed by atoms with E-state index in [4.69, 9.17) is 0 Å². The van der Waals surface area contributed by atoms with Crippen LogP contribution >= 0.6 is 0 Å². The second-order valence-electron chi connectivity index (χ2n) is 1.24. The van der Waals surface area contributed by atoms with Gasteiger partial charge in [0, 0.05) is 0 Å². The molecular weight excluding hydrogens is 156 g/mol. The summed E-state index contributed by atoms with van der Waals surface area (Å²) in [6, 6.07) is 0. The third-order valence-electron chi connectivity index (χ3n) is 0.605. The predicted octanol–water partition coefficient (Wildman–Crippen LogP) is 5.16. The molecule has 0 N–H and O–H groups in total. The van der Waals surface area contributed by atoms with Gasteiger partial charge < -0.3 is 0 Å². The van der Waals surface area contributed by atoms with Gasteiger partial charge in [0.1, 0.15) is 0 Å². The molecule has 0 saturated heterocycles. The van der Waals surface area contributed by atoms with E-state index in [9.17, 15) is 0 Å². The Kier molecular flexibility index (Phi) is 77.1. The van der Waals surface area contributed by atoms with E-state index in [0.29, 0.717) is 0 Å². The monoisotopic (exact) mass is 182 g/mol. The Morgan fingerprint density at radius 2 is 0.846 bits per heavy atom. The molecule has 0 heteroatoms. The summed E-state index contributed by atoms with van der Waals surface area (Å²) < 4.78 is 0. The van der Waals surface area contributed by atoms with Gasteiger partial charge in [0.2, 0.25) is 0 Å². The van der Waals surface area contributed by atoms with E-state index >= 15 is 0 Å². The van der Waals surface area contributed by atoms with E-state index in [1.54, 1.807) is 12.2 Å². The molecule has 0 spiro atoms. The first-order valence-corrected chi connectivity index (χ1v) is 4.48. The second-order valence-corrected chi connectivity index (χ2v) is 1.24. The van der Waals surface area contributed by atoms with Gasteiger partial charge in [-0.1, -0.05) is 84.7 Å². The molecule has 0 aliphatic carbocycles. The molecule has 78 valence electrons. The van der Waals surface area contributed by atoms with Crippen molar-refractivity contribution in [3.05, 3.63) is 49.6 Å². The maximum Gasteiger partial charge on any atom is -0.0623 e. The van der Waals surface area contributed by atoms with Crippen LogP contribution in [0.1, 0.15) is 35.1 Å². The molecule has 0 fully saturated rings. The van der Waals surface area contributed by atoms with Crippen LogP contribution in [0.2, 0.25) is 0 Å². The zero-order chi connectivity index (χ0) is 10.2. The van der Waals surface area contributed by atoms with Gasteiger partial charge in [0.05, 0.1) is 0 Å². The Hall–Kier alpha value is -1.04. The first kappa shape index (κ1) is 22.7. The van der Waals surface area contributed by atoms with Crippen LogP contribution in [0.4, 0.5) is 0 Å². The van der Waals surface area contributed by atoms with Crippen molar-refractivity contribution in [2.45, 2.75) is 35.1 Å². The quantitative estimate of drug-likeness (QED) is 0.529. The Morgan fingerprint density at radius 1 is 0.615 bits per heavy atom. The zero-order valence-electron chi connectivity index (χ0n) is 8.88. The number of rotatable bonds is 3. The molecule has 0 atom stereocenters.